The van der Waals surface area contributed by atoms with Crippen molar-refractivity contribution in [2.45, 2.75) is 19.6 Å². The highest BCUT2D eigenvalue weighted by Crippen LogP contribution is 2.40. The lowest BCUT2D eigenvalue weighted by molar-refractivity contribution is 0.0728. The molecule has 26 heavy (non-hydrogen) atoms. The van der Waals surface area contributed by atoms with Gasteiger partial charge in [-0.15, -0.1) is 0 Å². The monoisotopic (exact) mass is 383 g/mol. The number of hydrogen-bond acceptors (Lipinski definition) is 4. The Morgan fingerprint density at radius 1 is 0.808 bits per heavy atom. The van der Waals surface area contributed by atoms with E-state index >= 15 is 0 Å². The van der Waals surface area contributed by atoms with E-state index in [1.54, 1.807) is 24.3 Å². The highest BCUT2D eigenvalue weighted by Gasteiger charge is 2.39. The second-order valence-electron chi connectivity index (χ2n) is 5.88. The Morgan fingerprint density at radius 2 is 1.42 bits per heavy atom. The molecule has 0 amide bonds. The maximum atomic E-state index is 12.5. The fourth-order valence-electron chi connectivity index (χ4n) is 2.87. The number of para-hydroxylation sites is 1. The lowest BCUT2D eigenvalue weighted by Gasteiger charge is -2.08. The van der Waals surface area contributed by atoms with Crippen LogP contribution in [-0.4, -0.2) is 20.6 Å². The Labute approximate surface area is 154 Å². The molecule has 0 bridgehead atoms. The van der Waals surface area contributed by atoms with Gasteiger partial charge < -0.3 is 4.74 Å². The fourth-order valence-corrected chi connectivity index (χ4v) is 5.76. The summed E-state index contributed by atoms with van der Waals surface area (Å²) >= 11 is 0. The van der Waals surface area contributed by atoms with Crippen molar-refractivity contribution < 1.29 is 17.9 Å². The van der Waals surface area contributed by atoms with Gasteiger partial charge in [-0.05, 0) is 48.5 Å². The van der Waals surface area contributed by atoms with Crippen LogP contribution in [0.1, 0.15) is 10.4 Å². The first-order chi connectivity index (χ1) is 12.4. The van der Waals surface area contributed by atoms with E-state index in [-0.39, 0.29) is 10.9 Å². The molecule has 0 saturated heterocycles. The van der Waals surface area contributed by atoms with Gasteiger partial charge in [-0.2, -0.15) is 0 Å². The standard InChI is InChI=1S/C20H15O4S2/c1-26(22,23)15-12-10-14(11-13-15)25-18-8-4-2-6-16(18)20(21)24-17-7-3-5-9-19(17)25/h2-13H,1H3/q+1. The average Bonchev–Trinajstić information content (AvgIpc) is 2.75. The minimum absolute atomic E-state index is 0.272. The Kier molecular flexibility index (Phi) is 4.09. The SMILES string of the molecule is CS(=O)(=O)c1ccc([S+]2c3ccccc3OC(=O)c3ccccc32)cc1. The van der Waals surface area contributed by atoms with Gasteiger partial charge in [0.15, 0.2) is 25.4 Å². The molecule has 0 spiro atoms. The summed E-state index contributed by atoms with van der Waals surface area (Å²) in [5, 5.41) is 0. The quantitative estimate of drug-likeness (QED) is 0.384. The zero-order valence-corrected chi connectivity index (χ0v) is 15.5. The summed E-state index contributed by atoms with van der Waals surface area (Å²) in [6, 6.07) is 21.7. The average molecular weight is 383 g/mol. The summed E-state index contributed by atoms with van der Waals surface area (Å²) in [4.78, 5) is 15.5. The Morgan fingerprint density at radius 3 is 2.12 bits per heavy atom. The second-order valence-corrected chi connectivity index (χ2v) is 9.86. The normalized spacial score (nSPS) is 16.2. The lowest BCUT2D eigenvalue weighted by Crippen LogP contribution is -2.09. The van der Waals surface area contributed by atoms with Crippen LogP contribution < -0.4 is 4.74 Å². The molecule has 0 aliphatic carbocycles. The van der Waals surface area contributed by atoms with Crippen LogP contribution in [0.5, 0.6) is 5.75 Å². The van der Waals surface area contributed by atoms with E-state index in [0.717, 1.165) is 14.7 Å². The summed E-state index contributed by atoms with van der Waals surface area (Å²) in [5.41, 5.74) is 0.527. The number of benzene rings is 3. The van der Waals surface area contributed by atoms with E-state index in [0.29, 0.717) is 11.3 Å². The van der Waals surface area contributed by atoms with E-state index in [1.807, 2.05) is 48.5 Å². The minimum Gasteiger partial charge on any atom is -0.417 e. The fraction of sp³-hybridized carbons (Fsp3) is 0.0500. The molecule has 1 atom stereocenters. The molecule has 3 aromatic carbocycles. The van der Waals surface area contributed by atoms with Crippen LogP contribution in [0.3, 0.4) is 0 Å². The third-order valence-corrected chi connectivity index (χ3v) is 7.53. The summed E-state index contributed by atoms with van der Waals surface area (Å²) in [5.74, 6) is 0.153. The largest absolute Gasteiger partial charge is 0.417 e. The third-order valence-electron chi connectivity index (χ3n) is 4.09. The van der Waals surface area contributed by atoms with Gasteiger partial charge in [-0.1, -0.05) is 24.3 Å². The molecule has 3 aromatic rings. The number of carbonyl (C=O) groups is 1. The van der Waals surface area contributed by atoms with E-state index in [9.17, 15) is 13.2 Å². The predicted octanol–water partition coefficient (Wildman–Crippen LogP) is 3.72. The van der Waals surface area contributed by atoms with Crippen LogP contribution in [0.15, 0.2) is 92.4 Å². The van der Waals surface area contributed by atoms with Crippen LogP contribution in [-0.2, 0) is 20.7 Å². The lowest BCUT2D eigenvalue weighted by atomic mass is 10.2. The first-order valence-electron chi connectivity index (χ1n) is 7.90. The number of hydrogen-bond donors (Lipinski definition) is 0. The Balaban J connectivity index is 1.95. The molecule has 0 saturated carbocycles. The molecular weight excluding hydrogens is 368 g/mol. The zero-order valence-electron chi connectivity index (χ0n) is 13.9. The van der Waals surface area contributed by atoms with Gasteiger partial charge >= 0.3 is 5.97 Å². The molecule has 6 heteroatoms. The van der Waals surface area contributed by atoms with Gasteiger partial charge in [0, 0.05) is 6.26 Å². The number of sulfone groups is 1. The molecule has 1 heterocycles. The van der Waals surface area contributed by atoms with E-state index in [4.69, 9.17) is 4.74 Å². The number of esters is 1. The molecular formula is C20H15O4S2+. The number of carbonyl (C=O) groups excluding carboxylic acids is 1. The van der Waals surface area contributed by atoms with E-state index < -0.39 is 20.7 Å². The van der Waals surface area contributed by atoms with Crippen LogP contribution in [0.2, 0.25) is 0 Å². The van der Waals surface area contributed by atoms with Crippen molar-refractivity contribution in [1.82, 2.24) is 0 Å². The van der Waals surface area contributed by atoms with Gasteiger partial charge in [0.05, 0.1) is 4.90 Å². The van der Waals surface area contributed by atoms with Crippen LogP contribution in [0.4, 0.5) is 0 Å². The first kappa shape index (κ1) is 16.9. The maximum Gasteiger partial charge on any atom is 0.348 e. The summed E-state index contributed by atoms with van der Waals surface area (Å²) in [7, 11) is -3.83. The molecule has 4 rings (SSSR count). The van der Waals surface area contributed by atoms with E-state index in [2.05, 4.69) is 0 Å². The topological polar surface area (TPSA) is 60.4 Å². The van der Waals surface area contributed by atoms with Gasteiger partial charge in [-0.25, -0.2) is 13.2 Å². The summed E-state index contributed by atoms with van der Waals surface area (Å²) in [6.07, 6.45) is 1.19. The maximum absolute atomic E-state index is 12.5. The number of ether oxygens (including phenoxy) is 1. The third kappa shape index (κ3) is 2.91. The second kappa shape index (κ2) is 6.30. The molecule has 4 nitrogen and oxygen atoms in total. The molecule has 0 radical (unpaired) electrons. The molecule has 1 unspecified atom stereocenters. The summed E-state index contributed by atoms with van der Waals surface area (Å²) < 4.78 is 29.1. The molecule has 0 aromatic heterocycles. The van der Waals surface area contributed by atoms with Crippen molar-refractivity contribution in [3.8, 4) is 5.75 Å². The Hall–Kier alpha value is -2.57. The van der Waals surface area contributed by atoms with Crippen LogP contribution >= 0.6 is 0 Å². The van der Waals surface area contributed by atoms with Gasteiger partial charge in [0.25, 0.3) is 0 Å². The Bertz CT molecular complexity index is 1100. The van der Waals surface area contributed by atoms with Crippen molar-refractivity contribution in [3.05, 3.63) is 78.4 Å². The van der Waals surface area contributed by atoms with Gasteiger partial charge in [0.1, 0.15) is 16.5 Å². The molecule has 0 fully saturated rings. The van der Waals surface area contributed by atoms with Crippen molar-refractivity contribution in [3.63, 3.8) is 0 Å². The number of fused-ring (bicyclic) bond motifs is 2. The van der Waals surface area contributed by atoms with E-state index in [1.165, 1.54) is 6.26 Å². The van der Waals surface area contributed by atoms with Crippen LogP contribution in [0.25, 0.3) is 0 Å². The minimum atomic E-state index is -3.26. The van der Waals surface area contributed by atoms with Crippen molar-refractivity contribution in [2.75, 3.05) is 6.26 Å². The van der Waals surface area contributed by atoms with Gasteiger partial charge in [0.2, 0.25) is 4.90 Å². The van der Waals surface area contributed by atoms with Gasteiger partial charge in [-0.3, -0.25) is 0 Å². The molecule has 130 valence electrons. The first-order valence-corrected chi connectivity index (χ1v) is 11.0. The highest BCUT2D eigenvalue weighted by atomic mass is 32.2. The smallest absolute Gasteiger partial charge is 0.348 e. The summed E-state index contributed by atoms with van der Waals surface area (Å²) in [6.45, 7) is 0. The van der Waals surface area contributed by atoms with Crippen molar-refractivity contribution >= 4 is 26.7 Å². The van der Waals surface area contributed by atoms with Crippen LogP contribution in [0, 0.1) is 0 Å². The van der Waals surface area contributed by atoms with Crippen molar-refractivity contribution in [2.24, 2.45) is 0 Å². The molecule has 1 aliphatic rings. The van der Waals surface area contributed by atoms with Crippen molar-refractivity contribution in [1.29, 1.82) is 0 Å². The number of rotatable bonds is 2. The highest BCUT2D eigenvalue weighted by molar-refractivity contribution is 7.97. The zero-order chi connectivity index (χ0) is 18.3. The molecule has 1 aliphatic heterocycles. The molecule has 0 N–H and O–H groups in total. The predicted molar refractivity (Wildman–Crippen MR) is 99.6 cm³/mol.